The first-order valence-electron chi connectivity index (χ1n) is 6.72. The minimum Gasteiger partial charge on any atom is -0.480 e. The molecule has 3 rings (SSSR count). The Kier molecular flexibility index (Phi) is 3.73. The van der Waals surface area contributed by atoms with E-state index in [-0.39, 0.29) is 19.7 Å². The molecule has 8 heteroatoms. The minimum atomic E-state index is -1.09. The van der Waals surface area contributed by atoms with Crippen LogP contribution in [0.1, 0.15) is 11.4 Å². The van der Waals surface area contributed by atoms with E-state index in [0.717, 1.165) is 10.5 Å². The summed E-state index contributed by atoms with van der Waals surface area (Å²) in [5.74, 6) is -0.551. The molecule has 1 atom stereocenters. The van der Waals surface area contributed by atoms with Crippen LogP contribution in [-0.4, -0.2) is 42.9 Å². The molecular formula is C14H14N4O4. The Labute approximate surface area is 125 Å². The Balaban J connectivity index is 1.71. The van der Waals surface area contributed by atoms with Crippen molar-refractivity contribution in [2.24, 2.45) is 0 Å². The molecule has 8 nitrogen and oxygen atoms in total. The first kappa shape index (κ1) is 14.1. The van der Waals surface area contributed by atoms with Crippen molar-refractivity contribution in [1.82, 2.24) is 19.7 Å². The number of fused-ring (bicyclic) bond motifs is 1. The molecule has 1 aliphatic heterocycles. The second-order valence-corrected chi connectivity index (χ2v) is 4.92. The van der Waals surface area contributed by atoms with Crippen LogP contribution in [0.3, 0.4) is 0 Å². The monoisotopic (exact) mass is 302 g/mol. The maximum absolute atomic E-state index is 12.2. The van der Waals surface area contributed by atoms with E-state index in [0.29, 0.717) is 5.82 Å². The van der Waals surface area contributed by atoms with Crippen molar-refractivity contribution in [1.29, 1.82) is 0 Å². The maximum atomic E-state index is 12.2. The summed E-state index contributed by atoms with van der Waals surface area (Å²) in [5, 5.41) is 16.9. The smallest absolute Gasteiger partial charge is 0.411 e. The molecule has 1 N–H and O–H groups in total. The number of benzene rings is 1. The Morgan fingerprint density at radius 2 is 2.09 bits per heavy atom. The molecular weight excluding hydrogens is 288 g/mol. The Bertz CT molecular complexity index is 685. The van der Waals surface area contributed by atoms with E-state index >= 15 is 0 Å². The lowest BCUT2D eigenvalue weighted by atomic mass is 10.2. The average molecular weight is 302 g/mol. The third-order valence-corrected chi connectivity index (χ3v) is 3.48. The van der Waals surface area contributed by atoms with Gasteiger partial charge in [0.1, 0.15) is 12.9 Å². The number of carboxylic acid groups (broad SMARTS) is 1. The van der Waals surface area contributed by atoms with Crippen molar-refractivity contribution in [3.63, 3.8) is 0 Å². The van der Waals surface area contributed by atoms with Gasteiger partial charge in [0.15, 0.2) is 11.9 Å². The molecule has 2 aromatic rings. The highest BCUT2D eigenvalue weighted by atomic mass is 16.6. The van der Waals surface area contributed by atoms with Crippen LogP contribution in [0.15, 0.2) is 36.7 Å². The first-order valence-corrected chi connectivity index (χ1v) is 6.72. The molecule has 114 valence electrons. The van der Waals surface area contributed by atoms with E-state index in [2.05, 4.69) is 10.2 Å². The van der Waals surface area contributed by atoms with Gasteiger partial charge in [0.25, 0.3) is 0 Å². The summed E-state index contributed by atoms with van der Waals surface area (Å²) >= 11 is 0. The van der Waals surface area contributed by atoms with Gasteiger partial charge in [-0.1, -0.05) is 30.3 Å². The molecule has 2 heterocycles. The van der Waals surface area contributed by atoms with Gasteiger partial charge in [-0.3, -0.25) is 4.90 Å². The number of carbonyl (C=O) groups is 2. The van der Waals surface area contributed by atoms with Crippen LogP contribution in [0.4, 0.5) is 4.79 Å². The summed E-state index contributed by atoms with van der Waals surface area (Å²) in [6, 6.07) is 8.21. The highest BCUT2D eigenvalue weighted by molar-refractivity contribution is 5.80. The molecule has 0 spiro atoms. The summed E-state index contributed by atoms with van der Waals surface area (Å²) < 4.78 is 6.83. The molecule has 0 fully saturated rings. The Morgan fingerprint density at radius 3 is 2.82 bits per heavy atom. The van der Waals surface area contributed by atoms with Gasteiger partial charge in [-0.25, -0.2) is 9.59 Å². The van der Waals surface area contributed by atoms with E-state index < -0.39 is 18.1 Å². The highest BCUT2D eigenvalue weighted by Crippen LogP contribution is 2.17. The number of ether oxygens (including phenoxy) is 1. The van der Waals surface area contributed by atoms with Crippen molar-refractivity contribution < 1.29 is 19.4 Å². The summed E-state index contributed by atoms with van der Waals surface area (Å²) in [5.41, 5.74) is 0.836. The van der Waals surface area contributed by atoms with Crippen LogP contribution in [-0.2, 0) is 29.2 Å². The number of carboxylic acids is 1. The lowest BCUT2D eigenvalue weighted by Crippen LogP contribution is -2.50. The minimum absolute atomic E-state index is 0.0601. The van der Waals surface area contributed by atoms with Crippen LogP contribution in [0.2, 0.25) is 0 Å². The zero-order valence-electron chi connectivity index (χ0n) is 11.6. The standard InChI is InChI=1S/C14H14N4O4/c19-13(20)11-6-17-9-15-16-12(17)7-18(11)14(21)22-8-10-4-2-1-3-5-10/h1-5,9,11H,6-8H2,(H,19,20). The van der Waals surface area contributed by atoms with Gasteiger partial charge < -0.3 is 14.4 Å². The van der Waals surface area contributed by atoms with E-state index in [4.69, 9.17) is 4.74 Å². The number of rotatable bonds is 3. The SMILES string of the molecule is O=C(O)C1Cn2cnnc2CN1C(=O)OCc1ccccc1. The summed E-state index contributed by atoms with van der Waals surface area (Å²) in [6.07, 6.45) is 0.781. The number of amides is 1. The zero-order valence-corrected chi connectivity index (χ0v) is 11.6. The van der Waals surface area contributed by atoms with Crippen molar-refractivity contribution in [2.75, 3.05) is 0 Å². The molecule has 1 aliphatic rings. The molecule has 1 unspecified atom stereocenters. The molecule has 0 radical (unpaired) electrons. The lowest BCUT2D eigenvalue weighted by molar-refractivity contribution is -0.144. The number of hydrogen-bond donors (Lipinski definition) is 1. The zero-order chi connectivity index (χ0) is 15.5. The van der Waals surface area contributed by atoms with Crippen molar-refractivity contribution in [3.8, 4) is 0 Å². The number of aromatic nitrogens is 3. The van der Waals surface area contributed by atoms with Gasteiger partial charge in [0.05, 0.1) is 13.1 Å². The van der Waals surface area contributed by atoms with Crippen molar-refractivity contribution in [2.45, 2.75) is 25.7 Å². The molecule has 0 aliphatic carbocycles. The normalized spacial score (nSPS) is 16.9. The van der Waals surface area contributed by atoms with Gasteiger partial charge >= 0.3 is 12.1 Å². The summed E-state index contributed by atoms with van der Waals surface area (Å²) in [4.78, 5) is 24.7. The maximum Gasteiger partial charge on any atom is 0.411 e. The number of aliphatic carboxylic acids is 1. The van der Waals surface area contributed by atoms with E-state index in [9.17, 15) is 14.7 Å². The Morgan fingerprint density at radius 1 is 1.32 bits per heavy atom. The Hall–Kier alpha value is -2.90. The predicted molar refractivity (Wildman–Crippen MR) is 73.6 cm³/mol. The molecule has 0 saturated carbocycles. The summed E-state index contributed by atoms with van der Waals surface area (Å²) in [7, 11) is 0. The van der Waals surface area contributed by atoms with E-state index in [1.54, 1.807) is 4.57 Å². The molecule has 0 bridgehead atoms. The largest absolute Gasteiger partial charge is 0.480 e. The van der Waals surface area contributed by atoms with Gasteiger partial charge in [-0.05, 0) is 5.56 Å². The number of hydrogen-bond acceptors (Lipinski definition) is 5. The highest BCUT2D eigenvalue weighted by Gasteiger charge is 2.36. The van der Waals surface area contributed by atoms with Crippen molar-refractivity contribution in [3.05, 3.63) is 48.0 Å². The van der Waals surface area contributed by atoms with Gasteiger partial charge in [0.2, 0.25) is 0 Å². The van der Waals surface area contributed by atoms with Gasteiger partial charge in [-0.2, -0.15) is 0 Å². The van der Waals surface area contributed by atoms with Crippen LogP contribution in [0.25, 0.3) is 0 Å². The number of carbonyl (C=O) groups excluding carboxylic acids is 1. The number of nitrogens with zero attached hydrogens (tertiary/aromatic N) is 4. The fourth-order valence-corrected chi connectivity index (χ4v) is 2.31. The molecule has 0 saturated heterocycles. The van der Waals surface area contributed by atoms with Crippen molar-refractivity contribution >= 4 is 12.1 Å². The first-order chi connectivity index (χ1) is 10.6. The molecule has 1 aromatic heterocycles. The second kappa shape index (κ2) is 5.84. The fraction of sp³-hybridized carbons (Fsp3) is 0.286. The molecule has 1 amide bonds. The van der Waals surface area contributed by atoms with Gasteiger partial charge in [-0.15, -0.1) is 10.2 Å². The van der Waals surface area contributed by atoms with E-state index in [1.807, 2.05) is 30.3 Å². The quantitative estimate of drug-likeness (QED) is 0.904. The second-order valence-electron chi connectivity index (χ2n) is 4.92. The summed E-state index contributed by atoms with van der Waals surface area (Å²) in [6.45, 7) is 0.262. The van der Waals surface area contributed by atoms with Crippen LogP contribution in [0, 0.1) is 0 Å². The molecule has 22 heavy (non-hydrogen) atoms. The fourth-order valence-electron chi connectivity index (χ4n) is 2.31. The van der Waals surface area contributed by atoms with Crippen LogP contribution in [0.5, 0.6) is 0 Å². The third kappa shape index (κ3) is 2.76. The van der Waals surface area contributed by atoms with Gasteiger partial charge in [0, 0.05) is 0 Å². The predicted octanol–water partition coefficient (Wildman–Crippen LogP) is 0.884. The van der Waals surface area contributed by atoms with Crippen LogP contribution >= 0.6 is 0 Å². The topological polar surface area (TPSA) is 97.5 Å². The van der Waals surface area contributed by atoms with E-state index in [1.165, 1.54) is 6.33 Å². The average Bonchev–Trinajstić information content (AvgIpc) is 2.99. The lowest BCUT2D eigenvalue weighted by Gasteiger charge is -2.32. The third-order valence-electron chi connectivity index (χ3n) is 3.48. The molecule has 1 aromatic carbocycles. The van der Waals surface area contributed by atoms with Crippen LogP contribution < -0.4 is 0 Å².